The Morgan fingerprint density at radius 1 is 0.809 bits per heavy atom. The summed E-state index contributed by atoms with van der Waals surface area (Å²) in [5.74, 6) is 1.19. The maximum Gasteiger partial charge on any atom is 0.342 e. The van der Waals surface area contributed by atoms with Crippen LogP contribution in [0.2, 0.25) is 5.04 Å². The molecule has 0 saturated carbocycles. The zero-order valence-electron chi connectivity index (χ0n) is 29.3. The number of carbonyl (C=O) groups excluding carboxylic acids is 2. The van der Waals surface area contributed by atoms with Crippen molar-refractivity contribution in [1.29, 1.82) is 0 Å². The predicted molar refractivity (Wildman–Crippen MR) is 192 cm³/mol. The molecule has 1 aliphatic rings. The molecule has 2 atom stereocenters. The van der Waals surface area contributed by atoms with Gasteiger partial charge >= 0.3 is 5.97 Å². The second-order valence-electron chi connectivity index (χ2n) is 13.9. The number of ether oxygens (including phenoxy) is 3. The van der Waals surface area contributed by atoms with Gasteiger partial charge in [-0.15, -0.1) is 0 Å². The third-order valence-electron chi connectivity index (χ3n) is 9.41. The normalized spacial score (nSPS) is 15.2. The highest BCUT2D eigenvalue weighted by Gasteiger charge is 2.51. The molecule has 0 bridgehead atoms. The van der Waals surface area contributed by atoms with Crippen molar-refractivity contribution in [2.45, 2.75) is 116 Å². The third-order valence-corrected chi connectivity index (χ3v) is 14.6. The summed E-state index contributed by atoms with van der Waals surface area (Å²) in [6, 6.07) is 25.0. The van der Waals surface area contributed by atoms with E-state index in [0.717, 1.165) is 63.4 Å². The van der Waals surface area contributed by atoms with Crippen LogP contribution >= 0.6 is 0 Å². The lowest BCUT2D eigenvalue weighted by Crippen LogP contribution is -2.67. The number of cyclic esters (lactones) is 1. The van der Waals surface area contributed by atoms with E-state index < -0.39 is 8.32 Å². The summed E-state index contributed by atoms with van der Waals surface area (Å²) >= 11 is 0. The molecule has 7 heteroatoms. The number of esters is 1. The van der Waals surface area contributed by atoms with E-state index in [-0.39, 0.29) is 23.2 Å². The minimum absolute atomic E-state index is 0.0180. The number of ketones is 1. The Labute approximate surface area is 283 Å². The zero-order valence-corrected chi connectivity index (χ0v) is 30.3. The average Bonchev–Trinajstić information content (AvgIpc) is 3.39. The van der Waals surface area contributed by atoms with Crippen LogP contribution in [0.15, 0.2) is 72.8 Å². The molecule has 0 aliphatic carbocycles. The zero-order chi connectivity index (χ0) is 33.9. The molecule has 0 radical (unpaired) electrons. The molecule has 47 heavy (non-hydrogen) atoms. The Balaban J connectivity index is 1.15. The number of methoxy groups -OCH3 is 2. The van der Waals surface area contributed by atoms with Crippen LogP contribution in [0, 0.1) is 0 Å². The van der Waals surface area contributed by atoms with Crippen molar-refractivity contribution in [2.75, 3.05) is 14.2 Å². The first-order chi connectivity index (χ1) is 22.6. The second kappa shape index (κ2) is 17.1. The Bertz CT molecular complexity index is 1390. The maximum atomic E-state index is 12.8. The molecule has 0 fully saturated rings. The predicted octanol–water partition coefficient (Wildman–Crippen LogP) is 8.74. The quantitative estimate of drug-likeness (QED) is 0.0729. The molecule has 3 aromatic rings. The van der Waals surface area contributed by atoms with E-state index in [1.54, 1.807) is 20.3 Å². The molecule has 0 spiro atoms. The van der Waals surface area contributed by atoms with Gasteiger partial charge in [-0.25, -0.2) is 4.79 Å². The molecule has 6 nitrogen and oxygen atoms in total. The van der Waals surface area contributed by atoms with E-state index in [1.165, 1.54) is 10.4 Å². The molecule has 0 saturated heterocycles. The summed E-state index contributed by atoms with van der Waals surface area (Å²) in [6.07, 6.45) is 10.0. The van der Waals surface area contributed by atoms with Gasteiger partial charge in [-0.2, -0.15) is 0 Å². The fourth-order valence-electron chi connectivity index (χ4n) is 6.91. The number of fused-ring (bicyclic) bond motifs is 1. The maximum absolute atomic E-state index is 12.8. The van der Waals surface area contributed by atoms with Gasteiger partial charge in [0.05, 0.1) is 14.2 Å². The molecule has 0 amide bonds. The van der Waals surface area contributed by atoms with Gasteiger partial charge in [-0.05, 0) is 54.1 Å². The molecule has 254 valence electrons. The van der Waals surface area contributed by atoms with Crippen molar-refractivity contribution in [3.05, 3.63) is 83.9 Å². The fourth-order valence-corrected chi connectivity index (χ4v) is 11.6. The Hall–Kier alpha value is -3.42. The number of carbonyl (C=O) groups is 2. The van der Waals surface area contributed by atoms with Crippen molar-refractivity contribution >= 4 is 30.4 Å². The monoisotopic (exact) mass is 658 g/mol. The number of Topliss-reactive ketones (excluding diaryl/α,β-unsaturated/α-hetero) is 1. The highest BCUT2D eigenvalue weighted by Crippen LogP contribution is 2.42. The van der Waals surface area contributed by atoms with Crippen molar-refractivity contribution in [2.24, 2.45) is 0 Å². The average molecular weight is 659 g/mol. The topological polar surface area (TPSA) is 71.1 Å². The van der Waals surface area contributed by atoms with Gasteiger partial charge in [0.2, 0.25) is 0 Å². The molecular weight excluding hydrogens is 605 g/mol. The van der Waals surface area contributed by atoms with Gasteiger partial charge in [0.25, 0.3) is 8.32 Å². The van der Waals surface area contributed by atoms with Crippen LogP contribution in [0.25, 0.3) is 0 Å². The largest absolute Gasteiger partial charge is 0.497 e. The molecule has 3 aromatic carbocycles. The minimum Gasteiger partial charge on any atom is -0.497 e. The van der Waals surface area contributed by atoms with Crippen LogP contribution in [-0.4, -0.2) is 40.4 Å². The van der Waals surface area contributed by atoms with Crippen molar-refractivity contribution < 1.29 is 28.2 Å². The van der Waals surface area contributed by atoms with Gasteiger partial charge in [0, 0.05) is 30.6 Å². The van der Waals surface area contributed by atoms with Crippen molar-refractivity contribution in [3.63, 3.8) is 0 Å². The van der Waals surface area contributed by atoms with E-state index in [4.69, 9.17) is 18.6 Å². The van der Waals surface area contributed by atoms with Crippen LogP contribution in [0.4, 0.5) is 0 Å². The van der Waals surface area contributed by atoms with Gasteiger partial charge in [-0.1, -0.05) is 114 Å². The molecule has 2 unspecified atom stereocenters. The molecule has 0 aromatic heterocycles. The summed E-state index contributed by atoms with van der Waals surface area (Å²) in [4.78, 5) is 25.3. The smallest absolute Gasteiger partial charge is 0.342 e. The van der Waals surface area contributed by atoms with E-state index in [0.29, 0.717) is 35.7 Å². The number of hydrogen-bond donors (Lipinski definition) is 0. The van der Waals surface area contributed by atoms with Gasteiger partial charge in [0.1, 0.15) is 28.9 Å². The highest BCUT2D eigenvalue weighted by molar-refractivity contribution is 6.99. The number of benzene rings is 3. The van der Waals surface area contributed by atoms with Gasteiger partial charge in [0.15, 0.2) is 0 Å². The van der Waals surface area contributed by atoms with Crippen molar-refractivity contribution in [3.8, 4) is 11.5 Å². The molecular formula is C40H54O6Si. The fraction of sp³-hybridized carbons (Fsp3) is 0.500. The van der Waals surface area contributed by atoms with Gasteiger partial charge in [-0.3, -0.25) is 4.79 Å². The first-order valence-electron chi connectivity index (χ1n) is 17.4. The highest BCUT2D eigenvalue weighted by atomic mass is 28.4. The third kappa shape index (κ3) is 9.14. The standard InChI is InChI=1S/C40H54O6Si/c1-30(46-47(40(2,3)4,33-21-15-12-16-22-33)34-23-17-13-18-24-34)26-27-31(41)20-14-10-8-7-9-11-19-25-36-35-28-32(43-5)29-37(44-6)38(35)39(42)45-36/h12-13,15-18,21-24,28-30,36H,7-11,14,19-20,25-27H2,1-6H3. The van der Waals surface area contributed by atoms with Crippen LogP contribution in [0.1, 0.15) is 120 Å². The molecule has 1 aliphatic heterocycles. The molecule has 1 heterocycles. The lowest BCUT2D eigenvalue weighted by Gasteiger charge is -2.44. The van der Waals surface area contributed by atoms with Crippen LogP contribution in [-0.2, 0) is 14.0 Å². The Morgan fingerprint density at radius 2 is 1.38 bits per heavy atom. The van der Waals surface area contributed by atoms with Gasteiger partial charge < -0.3 is 18.6 Å². The lowest BCUT2D eigenvalue weighted by molar-refractivity contribution is -0.119. The molecule has 4 rings (SSSR count). The SMILES string of the molecule is COc1cc(OC)c2c(c1)C(CCCCCCCCCC(=O)CCC(C)O[Si](c1ccccc1)(c1ccccc1)C(C)(C)C)OC2=O. The summed E-state index contributed by atoms with van der Waals surface area (Å²) in [7, 11) is 0.551. The number of rotatable bonds is 19. The minimum atomic E-state index is -2.61. The van der Waals surface area contributed by atoms with Crippen molar-refractivity contribution in [1.82, 2.24) is 0 Å². The summed E-state index contributed by atoms with van der Waals surface area (Å²) in [5, 5.41) is 2.46. The Morgan fingerprint density at radius 3 is 1.94 bits per heavy atom. The van der Waals surface area contributed by atoms with Crippen LogP contribution in [0.3, 0.4) is 0 Å². The van der Waals surface area contributed by atoms with E-state index in [1.807, 2.05) is 6.07 Å². The van der Waals surface area contributed by atoms with Crippen LogP contribution in [0.5, 0.6) is 11.5 Å². The first kappa shape index (κ1) is 36.4. The summed E-state index contributed by atoms with van der Waals surface area (Å²) in [6.45, 7) is 9.00. The summed E-state index contributed by atoms with van der Waals surface area (Å²) < 4.78 is 23.6. The molecule has 0 N–H and O–H groups in total. The summed E-state index contributed by atoms with van der Waals surface area (Å²) in [5.41, 5.74) is 1.38. The first-order valence-corrected chi connectivity index (χ1v) is 19.3. The lowest BCUT2D eigenvalue weighted by atomic mass is 9.98. The second-order valence-corrected chi connectivity index (χ2v) is 18.1. The van der Waals surface area contributed by atoms with E-state index in [9.17, 15) is 9.59 Å². The number of hydrogen-bond acceptors (Lipinski definition) is 6. The van der Waals surface area contributed by atoms with Crippen LogP contribution < -0.4 is 19.8 Å². The number of unbranched alkanes of at least 4 members (excludes halogenated alkanes) is 6. The Kier molecular flexibility index (Phi) is 13.3. The van der Waals surface area contributed by atoms with E-state index in [2.05, 4.69) is 88.4 Å². The van der Waals surface area contributed by atoms with E-state index >= 15 is 0 Å².